The molecular weight excluding hydrogens is 370 g/mol. The maximum absolute atomic E-state index is 6.05. The average Bonchev–Trinajstić information content (AvgIpc) is 2.76. The Labute approximate surface area is 181 Å². The summed E-state index contributed by atoms with van der Waals surface area (Å²) in [6, 6.07) is 25.7. The van der Waals surface area contributed by atoms with Gasteiger partial charge in [0.2, 0.25) is 0 Å². The van der Waals surface area contributed by atoms with E-state index in [1.165, 1.54) is 16.7 Å². The van der Waals surface area contributed by atoms with E-state index in [2.05, 4.69) is 85.9 Å². The molecule has 3 heteroatoms. The van der Waals surface area contributed by atoms with Gasteiger partial charge in [0.1, 0.15) is 6.61 Å². The molecule has 3 nitrogen and oxygen atoms in total. The Morgan fingerprint density at radius 1 is 0.800 bits per heavy atom. The highest BCUT2D eigenvalue weighted by Gasteiger charge is 2.09. The molecule has 1 N–H and O–H groups in total. The summed E-state index contributed by atoms with van der Waals surface area (Å²) in [5, 5.41) is 3.63. The largest absolute Gasteiger partial charge is 0.490 e. The van der Waals surface area contributed by atoms with Gasteiger partial charge in [-0.1, -0.05) is 66.2 Å². The van der Waals surface area contributed by atoms with Crippen molar-refractivity contribution < 1.29 is 9.47 Å². The van der Waals surface area contributed by atoms with Crippen molar-refractivity contribution in [3.63, 3.8) is 0 Å². The van der Waals surface area contributed by atoms with E-state index in [4.69, 9.17) is 9.47 Å². The van der Waals surface area contributed by atoms with Crippen LogP contribution in [-0.2, 0) is 19.6 Å². The molecule has 0 amide bonds. The molecule has 0 radical (unpaired) electrons. The van der Waals surface area contributed by atoms with Crippen LogP contribution in [0.2, 0.25) is 0 Å². The fourth-order valence-electron chi connectivity index (χ4n) is 3.43. The minimum atomic E-state index is 0.443. The smallest absolute Gasteiger partial charge is 0.161 e. The Morgan fingerprint density at radius 3 is 2.37 bits per heavy atom. The Balaban J connectivity index is 1.54. The lowest BCUT2D eigenvalue weighted by atomic mass is 10.1. The number of nitrogens with one attached hydrogen (secondary N) is 1. The Morgan fingerprint density at radius 2 is 1.60 bits per heavy atom. The number of hydrogen-bond acceptors (Lipinski definition) is 3. The van der Waals surface area contributed by atoms with Gasteiger partial charge in [-0.3, -0.25) is 0 Å². The lowest BCUT2D eigenvalue weighted by Gasteiger charge is -2.16. The van der Waals surface area contributed by atoms with Crippen LogP contribution in [-0.4, -0.2) is 12.6 Å². The van der Waals surface area contributed by atoms with E-state index in [0.29, 0.717) is 19.3 Å². The zero-order valence-electron chi connectivity index (χ0n) is 18.4. The third kappa shape index (κ3) is 6.93. The second-order valence-corrected chi connectivity index (χ2v) is 7.80. The molecule has 0 spiro atoms. The minimum absolute atomic E-state index is 0.443. The fourth-order valence-corrected chi connectivity index (χ4v) is 3.43. The Kier molecular flexibility index (Phi) is 8.34. The van der Waals surface area contributed by atoms with E-state index in [-0.39, 0.29) is 0 Å². The summed E-state index contributed by atoms with van der Waals surface area (Å²) in [4.78, 5) is 0. The molecule has 3 aromatic carbocycles. The molecule has 0 saturated heterocycles. The number of benzene rings is 3. The van der Waals surface area contributed by atoms with Gasteiger partial charge >= 0.3 is 0 Å². The van der Waals surface area contributed by atoms with Crippen molar-refractivity contribution >= 4 is 0 Å². The van der Waals surface area contributed by atoms with E-state index in [1.807, 2.05) is 13.0 Å². The van der Waals surface area contributed by atoms with Gasteiger partial charge in [0, 0.05) is 12.6 Å². The molecular formula is C27H33NO2. The Bertz CT molecular complexity index is 908. The standard InChI is InChI=1S/C27H33NO2/c1-4-29-27-18-24(19-28-22(3)13-14-23-10-6-5-7-11-23)15-16-26(27)30-20-25-12-8-9-21(2)17-25/h5-12,15-18,22,28H,4,13-14,19-20H2,1-3H3/t22-/m0/s1. The highest BCUT2D eigenvalue weighted by Crippen LogP contribution is 2.29. The van der Waals surface area contributed by atoms with Crippen LogP contribution in [0.1, 0.15) is 42.5 Å². The first-order chi connectivity index (χ1) is 14.6. The molecule has 0 bridgehead atoms. The monoisotopic (exact) mass is 403 g/mol. The second kappa shape index (κ2) is 11.4. The quantitative estimate of drug-likeness (QED) is 0.421. The number of ether oxygens (including phenoxy) is 2. The first-order valence-corrected chi connectivity index (χ1v) is 10.9. The van der Waals surface area contributed by atoms with Gasteiger partial charge in [0.05, 0.1) is 6.61 Å². The molecule has 0 aromatic heterocycles. The molecule has 1 atom stereocenters. The third-order valence-corrected chi connectivity index (χ3v) is 5.15. The molecule has 0 aliphatic rings. The SMILES string of the molecule is CCOc1cc(CN[C@@H](C)CCc2ccccc2)ccc1OCc1cccc(C)c1. The lowest BCUT2D eigenvalue weighted by Crippen LogP contribution is -2.26. The molecule has 0 unspecified atom stereocenters. The summed E-state index contributed by atoms with van der Waals surface area (Å²) in [6.07, 6.45) is 2.20. The zero-order valence-corrected chi connectivity index (χ0v) is 18.4. The molecule has 3 aromatic rings. The van der Waals surface area contributed by atoms with E-state index in [9.17, 15) is 0 Å². The van der Waals surface area contributed by atoms with Gasteiger partial charge in [-0.05, 0) is 62.4 Å². The topological polar surface area (TPSA) is 30.5 Å². The van der Waals surface area contributed by atoms with Gasteiger partial charge in [-0.25, -0.2) is 0 Å². The van der Waals surface area contributed by atoms with Crippen molar-refractivity contribution in [2.75, 3.05) is 6.61 Å². The predicted molar refractivity (Wildman–Crippen MR) is 124 cm³/mol. The molecule has 0 aliphatic heterocycles. The molecule has 30 heavy (non-hydrogen) atoms. The molecule has 158 valence electrons. The summed E-state index contributed by atoms with van der Waals surface area (Å²) >= 11 is 0. The van der Waals surface area contributed by atoms with Crippen LogP contribution < -0.4 is 14.8 Å². The fraction of sp³-hybridized carbons (Fsp3) is 0.333. The zero-order chi connectivity index (χ0) is 21.2. The maximum atomic E-state index is 6.05. The summed E-state index contributed by atoms with van der Waals surface area (Å²) < 4.78 is 11.9. The summed E-state index contributed by atoms with van der Waals surface area (Å²) in [5.74, 6) is 1.60. The predicted octanol–water partition coefficient (Wildman–Crippen LogP) is 6.08. The van der Waals surface area contributed by atoms with Crippen LogP contribution in [0.25, 0.3) is 0 Å². The van der Waals surface area contributed by atoms with Gasteiger partial charge in [0.15, 0.2) is 11.5 Å². The van der Waals surface area contributed by atoms with Gasteiger partial charge in [-0.2, -0.15) is 0 Å². The highest BCUT2D eigenvalue weighted by molar-refractivity contribution is 5.43. The lowest BCUT2D eigenvalue weighted by molar-refractivity contribution is 0.269. The van der Waals surface area contributed by atoms with Crippen LogP contribution in [0, 0.1) is 6.92 Å². The molecule has 0 fully saturated rings. The van der Waals surface area contributed by atoms with E-state index >= 15 is 0 Å². The number of aryl methyl sites for hydroxylation is 2. The average molecular weight is 404 g/mol. The van der Waals surface area contributed by atoms with Gasteiger partial charge in [-0.15, -0.1) is 0 Å². The summed E-state index contributed by atoms with van der Waals surface area (Å²) in [5.41, 5.74) is 4.99. The van der Waals surface area contributed by atoms with Crippen LogP contribution >= 0.6 is 0 Å². The van der Waals surface area contributed by atoms with Crippen molar-refractivity contribution in [1.29, 1.82) is 0 Å². The highest BCUT2D eigenvalue weighted by atomic mass is 16.5. The van der Waals surface area contributed by atoms with E-state index in [1.54, 1.807) is 0 Å². The molecule has 0 aliphatic carbocycles. The van der Waals surface area contributed by atoms with E-state index in [0.717, 1.165) is 36.4 Å². The van der Waals surface area contributed by atoms with E-state index < -0.39 is 0 Å². The molecule has 3 rings (SSSR count). The normalized spacial score (nSPS) is 11.8. The van der Waals surface area contributed by atoms with Gasteiger partial charge in [0.25, 0.3) is 0 Å². The van der Waals surface area contributed by atoms with Crippen LogP contribution in [0.5, 0.6) is 11.5 Å². The maximum Gasteiger partial charge on any atom is 0.161 e. The van der Waals surface area contributed by atoms with Crippen molar-refractivity contribution in [3.8, 4) is 11.5 Å². The molecule has 0 heterocycles. The van der Waals surface area contributed by atoms with Crippen molar-refractivity contribution in [1.82, 2.24) is 5.32 Å². The number of rotatable bonds is 11. The summed E-state index contributed by atoms with van der Waals surface area (Å²) in [6.45, 7) is 8.31. The minimum Gasteiger partial charge on any atom is -0.490 e. The number of hydrogen-bond donors (Lipinski definition) is 1. The van der Waals surface area contributed by atoms with Crippen LogP contribution in [0.4, 0.5) is 0 Å². The molecule has 0 saturated carbocycles. The van der Waals surface area contributed by atoms with Crippen LogP contribution in [0.15, 0.2) is 72.8 Å². The first-order valence-electron chi connectivity index (χ1n) is 10.9. The second-order valence-electron chi connectivity index (χ2n) is 7.80. The first kappa shape index (κ1) is 21.9. The van der Waals surface area contributed by atoms with Crippen molar-refractivity contribution in [2.45, 2.75) is 52.8 Å². The van der Waals surface area contributed by atoms with Crippen molar-refractivity contribution in [3.05, 3.63) is 95.1 Å². The third-order valence-electron chi connectivity index (χ3n) is 5.15. The van der Waals surface area contributed by atoms with Gasteiger partial charge < -0.3 is 14.8 Å². The Hall–Kier alpha value is -2.78. The summed E-state index contributed by atoms with van der Waals surface area (Å²) in [7, 11) is 0. The van der Waals surface area contributed by atoms with Crippen molar-refractivity contribution in [2.24, 2.45) is 0 Å². The van der Waals surface area contributed by atoms with Crippen LogP contribution in [0.3, 0.4) is 0 Å².